The summed E-state index contributed by atoms with van der Waals surface area (Å²) in [5, 5.41) is 4.91. The molecule has 108 valence electrons. The predicted octanol–water partition coefficient (Wildman–Crippen LogP) is 4.49. The Morgan fingerprint density at radius 1 is 1.14 bits per heavy atom. The van der Waals surface area contributed by atoms with Gasteiger partial charge in [0.2, 0.25) is 0 Å². The zero-order valence-electron chi connectivity index (χ0n) is 11.6. The number of aromatic nitrogens is 2. The maximum atomic E-state index is 6.21. The first-order valence-electron chi connectivity index (χ1n) is 6.74. The van der Waals surface area contributed by atoms with Gasteiger partial charge in [-0.3, -0.25) is 0 Å². The van der Waals surface area contributed by atoms with Crippen molar-refractivity contribution < 1.29 is 0 Å². The lowest BCUT2D eigenvalue weighted by atomic mass is 10.1. The summed E-state index contributed by atoms with van der Waals surface area (Å²) in [4.78, 5) is 4.55. The molecular weight excluding hydrogens is 305 g/mol. The topological polar surface area (TPSA) is 29.3 Å². The number of pyridine rings is 1. The summed E-state index contributed by atoms with van der Waals surface area (Å²) in [6.45, 7) is 2.76. The molecule has 0 fully saturated rings. The van der Waals surface area contributed by atoms with Crippen LogP contribution in [-0.4, -0.2) is 9.38 Å². The van der Waals surface area contributed by atoms with E-state index in [1.807, 2.05) is 53.2 Å². The normalized spacial score (nSPS) is 12.7. The fourth-order valence-corrected chi connectivity index (χ4v) is 2.76. The Morgan fingerprint density at radius 2 is 1.95 bits per heavy atom. The summed E-state index contributed by atoms with van der Waals surface area (Å²) in [7, 11) is 0. The number of hydrogen-bond acceptors (Lipinski definition) is 2. The van der Waals surface area contributed by atoms with Gasteiger partial charge in [0.05, 0.1) is 10.7 Å². The van der Waals surface area contributed by atoms with Crippen molar-refractivity contribution in [2.24, 2.45) is 0 Å². The van der Waals surface area contributed by atoms with Crippen LogP contribution in [0, 0.1) is 0 Å². The highest BCUT2D eigenvalue weighted by atomic mass is 35.5. The lowest BCUT2D eigenvalue weighted by Crippen LogP contribution is -2.18. The Balaban J connectivity index is 1.73. The molecule has 1 unspecified atom stereocenters. The van der Waals surface area contributed by atoms with Crippen molar-refractivity contribution in [1.29, 1.82) is 0 Å². The van der Waals surface area contributed by atoms with Crippen LogP contribution in [0.2, 0.25) is 10.0 Å². The van der Waals surface area contributed by atoms with E-state index in [0.717, 1.165) is 21.9 Å². The van der Waals surface area contributed by atoms with E-state index in [2.05, 4.69) is 17.2 Å². The number of nitrogens with zero attached hydrogens (tertiary/aromatic N) is 2. The minimum atomic E-state index is 0.159. The van der Waals surface area contributed by atoms with Crippen molar-refractivity contribution in [3.8, 4) is 0 Å². The third kappa shape index (κ3) is 3.21. The molecule has 0 aliphatic rings. The molecule has 2 heterocycles. The van der Waals surface area contributed by atoms with Gasteiger partial charge < -0.3 is 9.72 Å². The largest absolute Gasteiger partial charge is 0.305 e. The second-order valence-corrected chi connectivity index (χ2v) is 5.81. The van der Waals surface area contributed by atoms with Crippen LogP contribution in [0.15, 0.2) is 48.8 Å². The quantitative estimate of drug-likeness (QED) is 0.767. The van der Waals surface area contributed by atoms with Gasteiger partial charge in [0.15, 0.2) is 0 Å². The molecule has 3 aromatic rings. The molecule has 0 saturated heterocycles. The molecule has 5 heteroatoms. The van der Waals surface area contributed by atoms with Gasteiger partial charge in [0, 0.05) is 30.0 Å². The van der Waals surface area contributed by atoms with Crippen LogP contribution in [0.3, 0.4) is 0 Å². The lowest BCUT2D eigenvalue weighted by molar-refractivity contribution is 0.569. The summed E-state index contributed by atoms with van der Waals surface area (Å²) in [6.07, 6.45) is 3.83. The van der Waals surface area contributed by atoms with Crippen LogP contribution in [0.5, 0.6) is 0 Å². The first-order valence-corrected chi connectivity index (χ1v) is 7.50. The third-order valence-corrected chi connectivity index (χ3v) is 3.99. The van der Waals surface area contributed by atoms with Gasteiger partial charge in [-0.15, -0.1) is 0 Å². The van der Waals surface area contributed by atoms with Crippen molar-refractivity contribution in [1.82, 2.24) is 14.7 Å². The fraction of sp³-hybridized carbons (Fsp3) is 0.188. The van der Waals surface area contributed by atoms with E-state index in [1.54, 1.807) is 0 Å². The predicted molar refractivity (Wildman–Crippen MR) is 86.9 cm³/mol. The van der Waals surface area contributed by atoms with Crippen molar-refractivity contribution in [3.05, 3.63) is 70.1 Å². The maximum Gasteiger partial charge on any atom is 0.137 e. The summed E-state index contributed by atoms with van der Waals surface area (Å²) in [5.41, 5.74) is 2.95. The SMILES string of the molecule is CC(NCc1cn2cc(Cl)ccc2n1)c1ccccc1Cl. The third-order valence-electron chi connectivity index (χ3n) is 3.43. The van der Waals surface area contributed by atoms with Gasteiger partial charge >= 0.3 is 0 Å². The molecule has 0 saturated carbocycles. The van der Waals surface area contributed by atoms with Gasteiger partial charge in [-0.25, -0.2) is 4.98 Å². The van der Waals surface area contributed by atoms with Gasteiger partial charge in [0.25, 0.3) is 0 Å². The van der Waals surface area contributed by atoms with Crippen LogP contribution in [0.1, 0.15) is 24.2 Å². The summed E-state index contributed by atoms with van der Waals surface area (Å²) in [6, 6.07) is 11.8. The molecule has 1 atom stereocenters. The number of halogens is 2. The van der Waals surface area contributed by atoms with Crippen molar-refractivity contribution in [3.63, 3.8) is 0 Å². The first kappa shape index (κ1) is 14.4. The van der Waals surface area contributed by atoms with E-state index in [9.17, 15) is 0 Å². The fourth-order valence-electron chi connectivity index (χ4n) is 2.30. The molecule has 0 spiro atoms. The van der Waals surface area contributed by atoms with Crippen LogP contribution in [0.25, 0.3) is 5.65 Å². The van der Waals surface area contributed by atoms with E-state index < -0.39 is 0 Å². The Labute approximate surface area is 133 Å². The number of fused-ring (bicyclic) bond motifs is 1. The van der Waals surface area contributed by atoms with Crippen LogP contribution in [0.4, 0.5) is 0 Å². The number of nitrogens with one attached hydrogen (secondary N) is 1. The zero-order valence-corrected chi connectivity index (χ0v) is 13.1. The average Bonchev–Trinajstić information content (AvgIpc) is 2.87. The summed E-state index contributed by atoms with van der Waals surface area (Å²) < 4.78 is 1.93. The number of benzene rings is 1. The molecule has 0 bridgehead atoms. The molecule has 3 nitrogen and oxygen atoms in total. The summed E-state index contributed by atoms with van der Waals surface area (Å²) in [5.74, 6) is 0. The standard InChI is InChI=1S/C16H15Cl2N3/c1-11(14-4-2-3-5-15(14)18)19-8-13-10-21-9-12(17)6-7-16(21)20-13/h2-7,9-11,19H,8H2,1H3. The maximum absolute atomic E-state index is 6.21. The van der Waals surface area contributed by atoms with E-state index in [4.69, 9.17) is 23.2 Å². The molecule has 2 aromatic heterocycles. The Bertz CT molecular complexity index is 767. The second kappa shape index (κ2) is 6.06. The van der Waals surface area contributed by atoms with Crippen molar-refractivity contribution in [2.45, 2.75) is 19.5 Å². The molecule has 0 aliphatic heterocycles. The molecular formula is C16H15Cl2N3. The van der Waals surface area contributed by atoms with Gasteiger partial charge in [-0.2, -0.15) is 0 Å². The molecule has 1 aromatic carbocycles. The zero-order chi connectivity index (χ0) is 14.8. The van der Waals surface area contributed by atoms with Gasteiger partial charge in [-0.1, -0.05) is 41.4 Å². The molecule has 0 radical (unpaired) electrons. The Kier molecular flexibility index (Phi) is 4.15. The van der Waals surface area contributed by atoms with Gasteiger partial charge in [-0.05, 0) is 30.7 Å². The van der Waals surface area contributed by atoms with E-state index in [0.29, 0.717) is 11.6 Å². The Morgan fingerprint density at radius 3 is 2.76 bits per heavy atom. The summed E-state index contributed by atoms with van der Waals surface area (Å²) >= 11 is 12.2. The monoisotopic (exact) mass is 319 g/mol. The minimum absolute atomic E-state index is 0.159. The van der Waals surface area contributed by atoms with E-state index >= 15 is 0 Å². The van der Waals surface area contributed by atoms with Crippen LogP contribution < -0.4 is 5.32 Å². The van der Waals surface area contributed by atoms with Crippen LogP contribution >= 0.6 is 23.2 Å². The van der Waals surface area contributed by atoms with Crippen LogP contribution in [-0.2, 0) is 6.54 Å². The Hall–Kier alpha value is -1.55. The molecule has 1 N–H and O–H groups in total. The number of rotatable bonds is 4. The number of hydrogen-bond donors (Lipinski definition) is 1. The molecule has 0 amide bonds. The van der Waals surface area contributed by atoms with Gasteiger partial charge in [0.1, 0.15) is 5.65 Å². The van der Waals surface area contributed by atoms with Crippen molar-refractivity contribution >= 4 is 28.8 Å². The lowest BCUT2D eigenvalue weighted by Gasteiger charge is -2.14. The smallest absolute Gasteiger partial charge is 0.137 e. The molecule has 0 aliphatic carbocycles. The van der Waals surface area contributed by atoms with E-state index in [-0.39, 0.29) is 6.04 Å². The molecule has 3 rings (SSSR count). The van der Waals surface area contributed by atoms with E-state index in [1.165, 1.54) is 0 Å². The molecule has 21 heavy (non-hydrogen) atoms. The van der Waals surface area contributed by atoms with Crippen molar-refractivity contribution in [2.75, 3.05) is 0 Å². The highest BCUT2D eigenvalue weighted by Gasteiger charge is 2.09. The highest BCUT2D eigenvalue weighted by Crippen LogP contribution is 2.22. The highest BCUT2D eigenvalue weighted by molar-refractivity contribution is 6.31. The second-order valence-electron chi connectivity index (χ2n) is 4.97. The first-order chi connectivity index (χ1) is 10.1. The average molecular weight is 320 g/mol. The minimum Gasteiger partial charge on any atom is -0.305 e. The number of imidazole rings is 1.